The fourth-order valence-corrected chi connectivity index (χ4v) is 2.96. The maximum Gasteiger partial charge on any atom is 0.237 e. The van der Waals surface area contributed by atoms with Crippen LogP contribution in [0.25, 0.3) is 0 Å². The van der Waals surface area contributed by atoms with Gasteiger partial charge in [0.05, 0.1) is 13.2 Å². The van der Waals surface area contributed by atoms with Gasteiger partial charge in [0.1, 0.15) is 5.92 Å². The highest BCUT2D eigenvalue weighted by molar-refractivity contribution is 6.11. The second kappa shape index (κ2) is 5.58. The van der Waals surface area contributed by atoms with Crippen molar-refractivity contribution in [2.45, 2.75) is 25.6 Å². The first-order valence-corrected chi connectivity index (χ1v) is 7.30. The molecule has 2 aliphatic rings. The summed E-state index contributed by atoms with van der Waals surface area (Å²) in [5, 5.41) is 0. The average molecular weight is 289 g/mol. The van der Waals surface area contributed by atoms with Gasteiger partial charge in [0.2, 0.25) is 17.5 Å². The van der Waals surface area contributed by atoms with E-state index in [0.29, 0.717) is 26.2 Å². The number of ether oxygens (including phenoxy) is 2. The first kappa shape index (κ1) is 14.2. The van der Waals surface area contributed by atoms with Crippen molar-refractivity contribution in [2.24, 2.45) is 5.92 Å². The van der Waals surface area contributed by atoms with E-state index in [1.165, 1.54) is 0 Å². The van der Waals surface area contributed by atoms with E-state index in [9.17, 15) is 9.59 Å². The maximum atomic E-state index is 12.7. The highest BCUT2D eigenvalue weighted by atomic mass is 16.7. The molecule has 0 saturated carbocycles. The molecule has 5 nitrogen and oxygen atoms in total. The molecule has 112 valence electrons. The molecule has 1 aromatic carbocycles. The lowest BCUT2D eigenvalue weighted by molar-refractivity contribution is -0.179. The molecule has 3 rings (SSSR count). The minimum Gasteiger partial charge on any atom is -0.341 e. The molecule has 1 atom stereocenters. The molecule has 0 aromatic heterocycles. The van der Waals surface area contributed by atoms with Crippen molar-refractivity contribution in [2.75, 3.05) is 24.7 Å². The summed E-state index contributed by atoms with van der Waals surface area (Å²) in [6.07, 6.45) is 1.36. The Hall–Kier alpha value is -1.72. The van der Waals surface area contributed by atoms with Gasteiger partial charge in [-0.2, -0.15) is 0 Å². The molecule has 0 aliphatic carbocycles. The van der Waals surface area contributed by atoms with Crippen LogP contribution < -0.4 is 4.90 Å². The Balaban J connectivity index is 1.81. The molecule has 0 spiro atoms. The Labute approximate surface area is 123 Å². The molecule has 21 heavy (non-hydrogen) atoms. The number of carbonyl (C=O) groups excluding carboxylic acids is 2. The van der Waals surface area contributed by atoms with Gasteiger partial charge >= 0.3 is 0 Å². The predicted molar refractivity (Wildman–Crippen MR) is 76.8 cm³/mol. The molecule has 2 saturated heterocycles. The van der Waals surface area contributed by atoms with Crippen LogP contribution in [0.3, 0.4) is 0 Å². The molecule has 5 heteroatoms. The Morgan fingerprint density at radius 2 is 1.90 bits per heavy atom. The van der Waals surface area contributed by atoms with E-state index in [4.69, 9.17) is 9.47 Å². The van der Waals surface area contributed by atoms with Crippen LogP contribution in [0, 0.1) is 5.92 Å². The number of carbonyl (C=O) groups is 2. The topological polar surface area (TPSA) is 55.8 Å². The van der Waals surface area contributed by atoms with Gasteiger partial charge in [0, 0.05) is 12.2 Å². The summed E-state index contributed by atoms with van der Waals surface area (Å²) >= 11 is 0. The first-order chi connectivity index (χ1) is 10.1. The van der Waals surface area contributed by atoms with Crippen molar-refractivity contribution >= 4 is 17.4 Å². The summed E-state index contributed by atoms with van der Waals surface area (Å²) in [7, 11) is 0. The van der Waals surface area contributed by atoms with Gasteiger partial charge in [0.25, 0.3) is 0 Å². The summed E-state index contributed by atoms with van der Waals surface area (Å²) < 4.78 is 10.8. The third-order valence-corrected chi connectivity index (χ3v) is 4.11. The van der Waals surface area contributed by atoms with Crippen LogP contribution in [0.4, 0.5) is 5.69 Å². The minimum atomic E-state index is -1.26. The van der Waals surface area contributed by atoms with Gasteiger partial charge in [-0.05, 0) is 31.9 Å². The highest BCUT2D eigenvalue weighted by Crippen LogP contribution is 2.30. The van der Waals surface area contributed by atoms with Crippen molar-refractivity contribution in [1.29, 1.82) is 0 Å². The van der Waals surface area contributed by atoms with Gasteiger partial charge in [-0.1, -0.05) is 18.2 Å². The van der Waals surface area contributed by atoms with E-state index < -0.39 is 11.7 Å². The SMILES string of the molecule is CC1(C(=O)C2CCCN(c3ccccc3)C2=O)OCCO1. The van der Waals surface area contributed by atoms with Gasteiger partial charge < -0.3 is 14.4 Å². The van der Waals surface area contributed by atoms with Crippen molar-refractivity contribution in [3.8, 4) is 0 Å². The van der Waals surface area contributed by atoms with Crippen molar-refractivity contribution in [1.82, 2.24) is 0 Å². The second-order valence-electron chi connectivity index (χ2n) is 5.53. The highest BCUT2D eigenvalue weighted by Gasteiger charge is 2.47. The number of rotatable bonds is 3. The minimum absolute atomic E-state index is 0.155. The molecule has 2 fully saturated rings. The zero-order valence-electron chi connectivity index (χ0n) is 12.1. The van der Waals surface area contributed by atoms with Crippen LogP contribution in [0.5, 0.6) is 0 Å². The van der Waals surface area contributed by atoms with Crippen molar-refractivity contribution < 1.29 is 19.1 Å². The number of amides is 1. The lowest BCUT2D eigenvalue weighted by Gasteiger charge is -2.34. The number of ketones is 1. The number of nitrogens with zero attached hydrogens (tertiary/aromatic N) is 1. The summed E-state index contributed by atoms with van der Waals surface area (Å²) in [5.74, 6) is -2.36. The third kappa shape index (κ3) is 2.59. The largest absolute Gasteiger partial charge is 0.341 e. The molecule has 1 aromatic rings. The predicted octanol–water partition coefficient (Wildman–Crippen LogP) is 1.76. The summed E-state index contributed by atoms with van der Waals surface area (Å²) in [6, 6.07) is 9.45. The standard InChI is InChI=1S/C16H19NO4/c1-16(20-10-11-21-16)14(18)13-8-5-9-17(15(13)19)12-6-3-2-4-7-12/h2-4,6-7,13H,5,8-11H2,1H3. The quantitative estimate of drug-likeness (QED) is 0.796. The van der Waals surface area contributed by atoms with Crippen LogP contribution in [0.1, 0.15) is 19.8 Å². The van der Waals surface area contributed by atoms with E-state index in [1.807, 2.05) is 30.3 Å². The fraction of sp³-hybridized carbons (Fsp3) is 0.500. The maximum absolute atomic E-state index is 12.7. The molecule has 1 amide bonds. The molecule has 0 N–H and O–H groups in total. The molecular formula is C16H19NO4. The van der Waals surface area contributed by atoms with Gasteiger partial charge in [-0.25, -0.2) is 0 Å². The molecule has 0 bridgehead atoms. The van der Waals surface area contributed by atoms with Crippen LogP contribution in [0.2, 0.25) is 0 Å². The van der Waals surface area contributed by atoms with E-state index in [1.54, 1.807) is 11.8 Å². The molecular weight excluding hydrogens is 270 g/mol. The second-order valence-corrected chi connectivity index (χ2v) is 5.53. The molecule has 1 unspecified atom stereocenters. The van der Waals surface area contributed by atoms with Crippen LogP contribution >= 0.6 is 0 Å². The van der Waals surface area contributed by atoms with E-state index in [2.05, 4.69) is 0 Å². The number of para-hydroxylation sites is 1. The van der Waals surface area contributed by atoms with Crippen molar-refractivity contribution in [3.05, 3.63) is 30.3 Å². The van der Waals surface area contributed by atoms with Crippen LogP contribution in [-0.4, -0.2) is 37.2 Å². The number of anilines is 1. The zero-order valence-corrected chi connectivity index (χ0v) is 12.1. The number of Topliss-reactive ketones (excluding diaryl/α,β-unsaturated/α-hetero) is 1. The lowest BCUT2D eigenvalue weighted by atomic mass is 9.88. The van der Waals surface area contributed by atoms with E-state index in [-0.39, 0.29) is 11.7 Å². The van der Waals surface area contributed by atoms with E-state index >= 15 is 0 Å². The fourth-order valence-electron chi connectivity index (χ4n) is 2.96. The van der Waals surface area contributed by atoms with Crippen molar-refractivity contribution in [3.63, 3.8) is 0 Å². The number of benzene rings is 1. The zero-order chi connectivity index (χ0) is 14.9. The van der Waals surface area contributed by atoms with Crippen LogP contribution in [0.15, 0.2) is 30.3 Å². The smallest absolute Gasteiger partial charge is 0.237 e. The Morgan fingerprint density at radius 3 is 2.57 bits per heavy atom. The normalized spacial score (nSPS) is 25.1. The van der Waals surface area contributed by atoms with Gasteiger partial charge in [-0.3, -0.25) is 9.59 Å². The molecule has 2 aliphatic heterocycles. The summed E-state index contributed by atoms with van der Waals surface area (Å²) in [6.45, 7) is 3.04. The molecule has 2 heterocycles. The lowest BCUT2D eigenvalue weighted by Crippen LogP contribution is -2.51. The average Bonchev–Trinajstić information content (AvgIpc) is 2.96. The third-order valence-electron chi connectivity index (χ3n) is 4.11. The Bertz CT molecular complexity index is 536. The number of piperidine rings is 1. The van der Waals surface area contributed by atoms with E-state index in [0.717, 1.165) is 12.1 Å². The van der Waals surface area contributed by atoms with Gasteiger partial charge in [0.15, 0.2) is 0 Å². The summed E-state index contributed by atoms with van der Waals surface area (Å²) in [5.41, 5.74) is 0.832. The monoisotopic (exact) mass is 289 g/mol. The number of hydrogen-bond donors (Lipinski definition) is 0. The molecule has 0 radical (unpaired) electrons. The first-order valence-electron chi connectivity index (χ1n) is 7.30. The summed E-state index contributed by atoms with van der Waals surface area (Å²) in [4.78, 5) is 27.0. The Kier molecular flexibility index (Phi) is 3.78. The Morgan fingerprint density at radius 1 is 1.24 bits per heavy atom. The van der Waals surface area contributed by atoms with Gasteiger partial charge in [-0.15, -0.1) is 0 Å². The number of hydrogen-bond acceptors (Lipinski definition) is 4. The van der Waals surface area contributed by atoms with Crippen LogP contribution in [-0.2, 0) is 19.1 Å².